The second kappa shape index (κ2) is 10.8. The van der Waals surface area contributed by atoms with Gasteiger partial charge in [-0.05, 0) is 39.0 Å². The number of hydrogen-bond acceptors (Lipinski definition) is 6. The molecule has 2 saturated heterocycles. The second-order valence-electron chi connectivity index (χ2n) is 7.42. The fourth-order valence-electron chi connectivity index (χ4n) is 3.50. The van der Waals surface area contributed by atoms with Gasteiger partial charge in [0.25, 0.3) is 5.24 Å². The Bertz CT molecular complexity index is 620. The lowest BCUT2D eigenvalue weighted by Gasteiger charge is -2.43. The second-order valence-corrected chi connectivity index (χ2v) is 8.41. The molecule has 0 saturated carbocycles. The molecule has 156 valence electrons. The number of ether oxygens (including phenoxy) is 2. The van der Waals surface area contributed by atoms with E-state index in [-0.39, 0.29) is 17.8 Å². The first-order valence-electron chi connectivity index (χ1n) is 9.79. The van der Waals surface area contributed by atoms with Crippen LogP contribution in [0.15, 0.2) is 37.0 Å². The summed E-state index contributed by atoms with van der Waals surface area (Å²) in [6, 6.07) is -0.515. The lowest BCUT2D eigenvalue weighted by Crippen LogP contribution is -2.58. The molecule has 0 aromatic carbocycles. The van der Waals surface area contributed by atoms with Gasteiger partial charge in [0, 0.05) is 24.7 Å². The fraction of sp³-hybridized carbons (Fsp3) is 0.619. The fourth-order valence-corrected chi connectivity index (χ4v) is 4.38. The Morgan fingerprint density at radius 3 is 2.82 bits per heavy atom. The van der Waals surface area contributed by atoms with E-state index in [2.05, 4.69) is 18.5 Å². The van der Waals surface area contributed by atoms with Crippen LogP contribution >= 0.6 is 11.8 Å². The van der Waals surface area contributed by atoms with Crippen LogP contribution in [0.3, 0.4) is 0 Å². The molecule has 6 nitrogen and oxygen atoms in total. The van der Waals surface area contributed by atoms with Crippen molar-refractivity contribution in [3.63, 3.8) is 0 Å². The van der Waals surface area contributed by atoms with E-state index in [0.29, 0.717) is 12.2 Å². The van der Waals surface area contributed by atoms with Crippen molar-refractivity contribution < 1.29 is 24.2 Å². The number of hydrogen-bond donors (Lipinski definition) is 2. The van der Waals surface area contributed by atoms with Crippen molar-refractivity contribution >= 4 is 23.0 Å². The SMILES string of the molecule is C=CCCCC1C[C@@H](OC(=O)/C=C(/C)CCC=C)C[C@](O)([C@@H]2CSC(=O)N2)O1. The normalized spacial score (nSPS) is 30.6. The first-order chi connectivity index (χ1) is 13.4. The van der Waals surface area contributed by atoms with Gasteiger partial charge in [-0.15, -0.1) is 13.2 Å². The van der Waals surface area contributed by atoms with Gasteiger partial charge in [-0.25, -0.2) is 4.79 Å². The number of carbonyl (C=O) groups is 2. The molecule has 1 unspecified atom stereocenters. The lowest BCUT2D eigenvalue weighted by molar-refractivity contribution is -0.283. The van der Waals surface area contributed by atoms with Gasteiger partial charge in [-0.3, -0.25) is 4.79 Å². The van der Waals surface area contributed by atoms with E-state index >= 15 is 0 Å². The van der Waals surface area contributed by atoms with Crippen LogP contribution in [-0.2, 0) is 14.3 Å². The summed E-state index contributed by atoms with van der Waals surface area (Å²) in [6.07, 6.45) is 9.11. The van der Waals surface area contributed by atoms with Crippen LogP contribution in [0.5, 0.6) is 0 Å². The quantitative estimate of drug-likeness (QED) is 0.247. The van der Waals surface area contributed by atoms with Gasteiger partial charge in [0.1, 0.15) is 6.10 Å². The van der Waals surface area contributed by atoms with E-state index in [1.54, 1.807) is 0 Å². The number of amides is 1. The summed E-state index contributed by atoms with van der Waals surface area (Å²) in [4.78, 5) is 23.9. The molecule has 2 heterocycles. The molecule has 0 aliphatic carbocycles. The number of unbranched alkanes of at least 4 members (excludes halogenated alkanes) is 1. The van der Waals surface area contributed by atoms with Crippen LogP contribution in [0.25, 0.3) is 0 Å². The van der Waals surface area contributed by atoms with Crippen LogP contribution in [0.2, 0.25) is 0 Å². The zero-order chi connectivity index (χ0) is 20.6. The molecule has 0 aromatic rings. The van der Waals surface area contributed by atoms with Gasteiger partial charge in [0.2, 0.25) is 0 Å². The summed E-state index contributed by atoms with van der Waals surface area (Å²) in [5, 5.41) is 13.7. The van der Waals surface area contributed by atoms with Gasteiger partial charge in [0.05, 0.1) is 12.1 Å². The van der Waals surface area contributed by atoms with Crippen molar-refractivity contribution in [1.82, 2.24) is 5.32 Å². The Morgan fingerprint density at radius 1 is 1.43 bits per heavy atom. The van der Waals surface area contributed by atoms with Crippen molar-refractivity contribution in [3.8, 4) is 0 Å². The number of carbonyl (C=O) groups excluding carboxylic acids is 2. The van der Waals surface area contributed by atoms with Crippen LogP contribution in [0, 0.1) is 0 Å². The van der Waals surface area contributed by atoms with Crippen molar-refractivity contribution in [2.24, 2.45) is 0 Å². The van der Waals surface area contributed by atoms with E-state index in [1.807, 2.05) is 19.1 Å². The Kier molecular flexibility index (Phi) is 8.79. The lowest BCUT2D eigenvalue weighted by atomic mass is 9.91. The van der Waals surface area contributed by atoms with Crippen LogP contribution < -0.4 is 5.32 Å². The largest absolute Gasteiger partial charge is 0.459 e. The van der Waals surface area contributed by atoms with Crippen LogP contribution in [-0.4, -0.2) is 46.1 Å². The molecule has 7 heteroatoms. The summed E-state index contributed by atoms with van der Waals surface area (Å²) in [7, 11) is 0. The molecule has 0 spiro atoms. The van der Waals surface area contributed by atoms with Gasteiger partial charge in [-0.1, -0.05) is 29.5 Å². The molecule has 4 atom stereocenters. The van der Waals surface area contributed by atoms with Gasteiger partial charge in [0.15, 0.2) is 5.79 Å². The Morgan fingerprint density at radius 2 is 2.18 bits per heavy atom. The Balaban J connectivity index is 2.04. The number of thioether (sulfide) groups is 1. The number of rotatable bonds is 10. The van der Waals surface area contributed by atoms with Crippen molar-refractivity contribution in [2.45, 2.75) is 75.9 Å². The third kappa shape index (κ3) is 6.79. The average Bonchev–Trinajstić information content (AvgIpc) is 3.07. The summed E-state index contributed by atoms with van der Waals surface area (Å²) < 4.78 is 11.6. The molecule has 0 radical (unpaired) electrons. The summed E-state index contributed by atoms with van der Waals surface area (Å²) in [5.74, 6) is -1.52. The molecule has 2 aliphatic heterocycles. The number of nitrogens with one attached hydrogen (secondary N) is 1. The van der Waals surface area contributed by atoms with E-state index in [4.69, 9.17) is 9.47 Å². The highest BCUT2D eigenvalue weighted by atomic mass is 32.2. The molecule has 1 amide bonds. The molecular formula is C21H31NO5S. The maximum absolute atomic E-state index is 12.3. The first-order valence-corrected chi connectivity index (χ1v) is 10.8. The molecule has 2 aliphatic rings. The van der Waals surface area contributed by atoms with Crippen LogP contribution in [0.4, 0.5) is 4.79 Å². The van der Waals surface area contributed by atoms with Crippen LogP contribution in [0.1, 0.15) is 51.9 Å². The monoisotopic (exact) mass is 409 g/mol. The predicted octanol–water partition coefficient (Wildman–Crippen LogP) is 3.86. The Labute approximate surface area is 171 Å². The number of allylic oxidation sites excluding steroid dienone is 3. The highest BCUT2D eigenvalue weighted by Crippen LogP contribution is 2.36. The first kappa shape index (κ1) is 22.7. The smallest absolute Gasteiger partial charge is 0.330 e. The zero-order valence-corrected chi connectivity index (χ0v) is 17.3. The summed E-state index contributed by atoms with van der Waals surface area (Å²) in [5.41, 5.74) is 0.925. The minimum absolute atomic E-state index is 0.141. The average molecular weight is 410 g/mol. The Hall–Kier alpha value is -1.57. The van der Waals surface area contributed by atoms with Gasteiger partial charge < -0.3 is 19.9 Å². The minimum atomic E-state index is -1.54. The van der Waals surface area contributed by atoms with Gasteiger partial charge >= 0.3 is 5.97 Å². The predicted molar refractivity (Wildman–Crippen MR) is 111 cm³/mol. The highest BCUT2D eigenvalue weighted by molar-refractivity contribution is 8.14. The maximum Gasteiger partial charge on any atom is 0.330 e. The molecule has 0 aromatic heterocycles. The maximum atomic E-state index is 12.3. The molecule has 28 heavy (non-hydrogen) atoms. The van der Waals surface area contributed by atoms with E-state index < -0.39 is 23.9 Å². The minimum Gasteiger partial charge on any atom is -0.459 e. The van der Waals surface area contributed by atoms with E-state index in [1.165, 1.54) is 6.08 Å². The topological polar surface area (TPSA) is 84.9 Å². The molecule has 0 bridgehead atoms. The van der Waals surface area contributed by atoms with Gasteiger partial charge in [-0.2, -0.15) is 0 Å². The number of aliphatic hydroxyl groups is 1. The summed E-state index contributed by atoms with van der Waals surface area (Å²) in [6.45, 7) is 9.29. The molecule has 2 N–H and O–H groups in total. The molecule has 2 rings (SSSR count). The molecule has 2 fully saturated rings. The van der Waals surface area contributed by atoms with E-state index in [9.17, 15) is 14.7 Å². The third-order valence-electron chi connectivity index (χ3n) is 4.96. The highest BCUT2D eigenvalue weighted by Gasteiger charge is 2.49. The van der Waals surface area contributed by atoms with Crippen molar-refractivity contribution in [3.05, 3.63) is 37.0 Å². The standard InChI is InChI=1S/C21H31NO5S/c1-4-6-8-10-16-12-17(26-19(23)11-15(3)9-7-5-2)13-21(25,27-16)18-14-28-20(24)22-18/h4-5,11,16-18,25H,1-2,6-10,12-14H2,3H3,(H,22,24)/b15-11-/t16?,17-,18+,21-/m1/s1. The number of esters is 1. The molecular weight excluding hydrogens is 378 g/mol. The van der Waals surface area contributed by atoms with Crippen molar-refractivity contribution in [1.29, 1.82) is 0 Å². The van der Waals surface area contributed by atoms with E-state index in [0.717, 1.165) is 49.4 Å². The van der Waals surface area contributed by atoms with Crippen molar-refractivity contribution in [2.75, 3.05) is 5.75 Å². The zero-order valence-electron chi connectivity index (χ0n) is 16.5. The summed E-state index contributed by atoms with van der Waals surface area (Å²) >= 11 is 1.12. The third-order valence-corrected chi connectivity index (χ3v) is 5.84.